The first-order valence-electron chi connectivity index (χ1n) is 6.99. The highest BCUT2D eigenvalue weighted by Crippen LogP contribution is 2.15. The van der Waals surface area contributed by atoms with Crippen molar-refractivity contribution >= 4 is 12.2 Å². The Balaban J connectivity index is 1.69. The Morgan fingerprint density at radius 3 is 2.90 bits per heavy atom. The van der Waals surface area contributed by atoms with E-state index in [4.69, 9.17) is 9.47 Å². The molecule has 2 fully saturated rings. The van der Waals surface area contributed by atoms with Gasteiger partial charge in [0.15, 0.2) is 0 Å². The topological polar surface area (TPSA) is 79.9 Å². The lowest BCUT2D eigenvalue weighted by Gasteiger charge is -2.24. The average Bonchev–Trinajstić information content (AvgIpc) is 2.93. The van der Waals surface area contributed by atoms with Crippen molar-refractivity contribution in [2.45, 2.75) is 44.9 Å². The van der Waals surface area contributed by atoms with Crippen LogP contribution in [0.2, 0.25) is 0 Å². The van der Waals surface area contributed by atoms with Gasteiger partial charge < -0.3 is 25.0 Å². The number of alkyl carbamates (subject to hydrolysis) is 1. The van der Waals surface area contributed by atoms with Gasteiger partial charge in [-0.1, -0.05) is 0 Å². The van der Waals surface area contributed by atoms with Crippen LogP contribution in [0.4, 0.5) is 9.59 Å². The molecule has 114 valence electrons. The first-order chi connectivity index (χ1) is 9.33. The van der Waals surface area contributed by atoms with Gasteiger partial charge in [0.05, 0.1) is 6.54 Å². The fraction of sp³-hybridized carbons (Fsp3) is 0.846. The Hall–Kier alpha value is -1.50. The summed E-state index contributed by atoms with van der Waals surface area (Å²) in [6.07, 6.45) is 0.125. The molecule has 0 bridgehead atoms. The lowest BCUT2D eigenvalue weighted by molar-refractivity contribution is 0.0290. The summed E-state index contributed by atoms with van der Waals surface area (Å²) in [6.45, 7) is 8.03. The minimum absolute atomic E-state index is 0.127. The van der Waals surface area contributed by atoms with Crippen molar-refractivity contribution in [3.8, 4) is 0 Å². The molecule has 2 aliphatic rings. The third-order valence-corrected chi connectivity index (χ3v) is 3.22. The summed E-state index contributed by atoms with van der Waals surface area (Å²) in [5, 5.41) is 5.94. The highest BCUT2D eigenvalue weighted by Gasteiger charge is 2.30. The second-order valence-electron chi connectivity index (χ2n) is 6.23. The number of ether oxygens (including phenoxy) is 2. The van der Waals surface area contributed by atoms with Gasteiger partial charge >= 0.3 is 12.2 Å². The number of rotatable bonds is 3. The van der Waals surface area contributed by atoms with Crippen molar-refractivity contribution in [1.82, 2.24) is 15.5 Å². The molecule has 1 unspecified atom stereocenters. The molecule has 0 radical (unpaired) electrons. The van der Waals surface area contributed by atoms with Gasteiger partial charge in [-0.05, 0) is 27.2 Å². The predicted octanol–water partition coefficient (Wildman–Crippen LogP) is 0.694. The molecule has 0 aromatic carbocycles. The minimum atomic E-state index is -0.466. The summed E-state index contributed by atoms with van der Waals surface area (Å²) in [6, 6.07) is 0.224. The zero-order valence-corrected chi connectivity index (χ0v) is 12.3. The standard InChI is InChI=1S/C13H23N3O4/c1-13(2,3)20-12(18)16-5-4-9(8-16)14-6-10-7-15-11(17)19-10/h9-10,14H,4-8H2,1-3H3,(H,15,17)/t9?,10-/m0/s1. The molecule has 2 heterocycles. The number of likely N-dealkylation sites (tertiary alicyclic amines) is 1. The van der Waals surface area contributed by atoms with E-state index in [1.807, 2.05) is 20.8 Å². The molecule has 2 atom stereocenters. The molecule has 2 saturated heterocycles. The van der Waals surface area contributed by atoms with Gasteiger partial charge in [0, 0.05) is 25.7 Å². The van der Waals surface area contributed by atoms with Crippen LogP contribution in [0.15, 0.2) is 0 Å². The molecule has 0 aliphatic carbocycles. The van der Waals surface area contributed by atoms with Crippen molar-refractivity contribution in [1.29, 1.82) is 0 Å². The molecule has 0 aromatic heterocycles. The van der Waals surface area contributed by atoms with Gasteiger partial charge in [0.1, 0.15) is 11.7 Å². The smallest absolute Gasteiger partial charge is 0.410 e. The van der Waals surface area contributed by atoms with E-state index in [9.17, 15) is 9.59 Å². The number of carbonyl (C=O) groups is 2. The summed E-state index contributed by atoms with van der Waals surface area (Å²) < 4.78 is 10.4. The molecule has 0 saturated carbocycles. The van der Waals surface area contributed by atoms with Crippen LogP contribution in [-0.2, 0) is 9.47 Å². The van der Waals surface area contributed by atoms with Crippen molar-refractivity contribution in [3.63, 3.8) is 0 Å². The summed E-state index contributed by atoms with van der Waals surface area (Å²) in [5.74, 6) is 0. The second-order valence-corrected chi connectivity index (χ2v) is 6.23. The van der Waals surface area contributed by atoms with Crippen molar-refractivity contribution in [2.24, 2.45) is 0 Å². The monoisotopic (exact) mass is 285 g/mol. The number of carbonyl (C=O) groups excluding carboxylic acids is 2. The van der Waals surface area contributed by atoms with E-state index in [1.165, 1.54) is 0 Å². The molecule has 2 N–H and O–H groups in total. The SMILES string of the molecule is CC(C)(C)OC(=O)N1CCC(NC[C@H]2CNC(=O)O2)C1. The van der Waals surface area contributed by atoms with Crippen LogP contribution in [0.1, 0.15) is 27.2 Å². The maximum absolute atomic E-state index is 11.9. The summed E-state index contributed by atoms with van der Waals surface area (Å²) in [4.78, 5) is 24.5. The molecule has 0 spiro atoms. The van der Waals surface area contributed by atoms with Crippen LogP contribution in [0.3, 0.4) is 0 Å². The summed E-state index contributed by atoms with van der Waals surface area (Å²) in [5.41, 5.74) is -0.466. The van der Waals surface area contributed by atoms with Crippen LogP contribution in [-0.4, -0.2) is 61.0 Å². The van der Waals surface area contributed by atoms with Crippen LogP contribution in [0.5, 0.6) is 0 Å². The van der Waals surface area contributed by atoms with Crippen LogP contribution >= 0.6 is 0 Å². The van der Waals surface area contributed by atoms with Crippen molar-refractivity contribution in [3.05, 3.63) is 0 Å². The quantitative estimate of drug-likeness (QED) is 0.797. The number of cyclic esters (lactones) is 1. The van der Waals surface area contributed by atoms with Crippen LogP contribution in [0.25, 0.3) is 0 Å². The Morgan fingerprint density at radius 1 is 1.55 bits per heavy atom. The molecule has 0 aromatic rings. The lowest BCUT2D eigenvalue weighted by atomic mass is 10.2. The normalized spacial score (nSPS) is 26.4. The molecule has 2 aliphatic heterocycles. The number of nitrogens with one attached hydrogen (secondary N) is 2. The Bertz CT molecular complexity index is 380. The molecule has 7 nitrogen and oxygen atoms in total. The fourth-order valence-electron chi connectivity index (χ4n) is 2.26. The van der Waals surface area contributed by atoms with Crippen LogP contribution in [0, 0.1) is 0 Å². The van der Waals surface area contributed by atoms with E-state index in [1.54, 1.807) is 4.90 Å². The molecule has 20 heavy (non-hydrogen) atoms. The van der Waals surface area contributed by atoms with Crippen molar-refractivity contribution < 1.29 is 19.1 Å². The largest absolute Gasteiger partial charge is 0.444 e. The Labute approximate surface area is 119 Å². The first kappa shape index (κ1) is 14.9. The van der Waals surface area contributed by atoms with Gasteiger partial charge in [0.25, 0.3) is 0 Å². The number of nitrogens with zero attached hydrogens (tertiary/aromatic N) is 1. The Morgan fingerprint density at radius 2 is 2.30 bits per heavy atom. The minimum Gasteiger partial charge on any atom is -0.444 e. The predicted molar refractivity (Wildman–Crippen MR) is 72.5 cm³/mol. The zero-order valence-electron chi connectivity index (χ0n) is 12.3. The van der Waals surface area contributed by atoms with Crippen molar-refractivity contribution in [2.75, 3.05) is 26.2 Å². The van der Waals surface area contributed by atoms with Gasteiger partial charge in [-0.15, -0.1) is 0 Å². The molecule has 2 rings (SSSR count). The number of hydrogen-bond donors (Lipinski definition) is 2. The molecule has 7 heteroatoms. The van der Waals surface area contributed by atoms with Gasteiger partial charge in [-0.3, -0.25) is 0 Å². The zero-order chi connectivity index (χ0) is 14.8. The maximum atomic E-state index is 11.9. The highest BCUT2D eigenvalue weighted by atomic mass is 16.6. The van der Waals surface area contributed by atoms with E-state index in [0.717, 1.165) is 6.42 Å². The van der Waals surface area contributed by atoms with Crippen LogP contribution < -0.4 is 10.6 Å². The molecular formula is C13H23N3O4. The van der Waals surface area contributed by atoms with E-state index in [0.29, 0.717) is 26.2 Å². The number of amides is 2. The first-order valence-corrected chi connectivity index (χ1v) is 6.99. The second kappa shape index (κ2) is 5.87. The van der Waals surface area contributed by atoms with E-state index in [2.05, 4.69) is 10.6 Å². The lowest BCUT2D eigenvalue weighted by Crippen LogP contribution is -2.41. The summed E-state index contributed by atoms with van der Waals surface area (Å²) in [7, 11) is 0. The maximum Gasteiger partial charge on any atom is 0.410 e. The third kappa shape index (κ3) is 4.26. The van der Waals surface area contributed by atoms with E-state index >= 15 is 0 Å². The average molecular weight is 285 g/mol. The molecular weight excluding hydrogens is 262 g/mol. The summed E-state index contributed by atoms with van der Waals surface area (Å²) >= 11 is 0. The number of hydrogen-bond acceptors (Lipinski definition) is 5. The van der Waals surface area contributed by atoms with Gasteiger partial charge in [0.2, 0.25) is 0 Å². The van der Waals surface area contributed by atoms with E-state index in [-0.39, 0.29) is 24.3 Å². The van der Waals surface area contributed by atoms with E-state index < -0.39 is 5.60 Å². The van der Waals surface area contributed by atoms with Gasteiger partial charge in [-0.25, -0.2) is 9.59 Å². The fourth-order valence-corrected chi connectivity index (χ4v) is 2.26. The third-order valence-electron chi connectivity index (χ3n) is 3.22. The highest BCUT2D eigenvalue weighted by molar-refractivity contribution is 5.69. The Kier molecular flexibility index (Phi) is 4.37. The molecule has 2 amide bonds. The van der Waals surface area contributed by atoms with Gasteiger partial charge in [-0.2, -0.15) is 0 Å².